The molecule has 1 unspecified atom stereocenters. The van der Waals surface area contributed by atoms with Gasteiger partial charge in [0, 0.05) is 31.8 Å². The maximum Gasteiger partial charge on any atom is 0.249 e. The summed E-state index contributed by atoms with van der Waals surface area (Å²) in [7, 11) is 0. The number of unbranched alkanes of at least 4 members (excludes halogenated alkanes) is 2. The SMILES string of the molecule is O=C(NCCCCCc1nc2ccccc2n1CC(=O)N1CCCc2ccccc21)C1CCCO1. The van der Waals surface area contributed by atoms with E-state index in [4.69, 9.17) is 9.72 Å². The van der Waals surface area contributed by atoms with Gasteiger partial charge in [-0.15, -0.1) is 0 Å². The summed E-state index contributed by atoms with van der Waals surface area (Å²) in [5.41, 5.74) is 4.22. The van der Waals surface area contributed by atoms with E-state index in [-0.39, 0.29) is 17.9 Å². The first kappa shape index (κ1) is 23.5. The van der Waals surface area contributed by atoms with Crippen LogP contribution in [0.4, 0.5) is 5.69 Å². The number of benzene rings is 2. The van der Waals surface area contributed by atoms with E-state index in [2.05, 4.69) is 22.0 Å². The van der Waals surface area contributed by atoms with Crippen LogP contribution in [0.2, 0.25) is 0 Å². The van der Waals surface area contributed by atoms with Crippen molar-refractivity contribution in [2.45, 2.75) is 64.0 Å². The fourth-order valence-electron chi connectivity index (χ4n) is 5.20. The summed E-state index contributed by atoms with van der Waals surface area (Å²) in [4.78, 5) is 32.3. The number of nitrogens with zero attached hydrogens (tertiary/aromatic N) is 3. The molecule has 1 aromatic heterocycles. The first-order valence-corrected chi connectivity index (χ1v) is 12.9. The van der Waals surface area contributed by atoms with E-state index in [1.807, 2.05) is 41.3 Å². The number of amides is 2. The minimum atomic E-state index is -0.265. The fourth-order valence-corrected chi connectivity index (χ4v) is 5.20. The van der Waals surface area contributed by atoms with Crippen LogP contribution in [0.3, 0.4) is 0 Å². The fraction of sp³-hybridized carbons (Fsp3) is 0.464. The van der Waals surface area contributed by atoms with E-state index in [0.29, 0.717) is 19.7 Å². The number of rotatable bonds is 9. The van der Waals surface area contributed by atoms with E-state index in [0.717, 1.165) is 80.5 Å². The molecule has 35 heavy (non-hydrogen) atoms. The number of para-hydroxylation sites is 3. The van der Waals surface area contributed by atoms with Crippen LogP contribution in [0.15, 0.2) is 48.5 Å². The zero-order chi connectivity index (χ0) is 24.0. The number of imidazole rings is 1. The molecule has 3 aromatic rings. The molecule has 0 saturated carbocycles. The Balaban J connectivity index is 1.20. The Bertz CT molecular complexity index is 1180. The van der Waals surface area contributed by atoms with Crippen LogP contribution in [0.1, 0.15) is 49.9 Å². The lowest BCUT2D eigenvalue weighted by Crippen LogP contribution is -2.38. The Morgan fingerprint density at radius 3 is 2.77 bits per heavy atom. The predicted octanol–water partition coefficient (Wildman–Crippen LogP) is 4.02. The Morgan fingerprint density at radius 1 is 1.03 bits per heavy atom. The Hall–Kier alpha value is -3.19. The van der Waals surface area contributed by atoms with Crippen molar-refractivity contribution in [1.29, 1.82) is 0 Å². The zero-order valence-electron chi connectivity index (χ0n) is 20.2. The van der Waals surface area contributed by atoms with Crippen LogP contribution < -0.4 is 10.2 Å². The number of nitrogens with one attached hydrogen (secondary N) is 1. The highest BCUT2D eigenvalue weighted by Crippen LogP contribution is 2.27. The number of carbonyl (C=O) groups excluding carboxylic acids is 2. The maximum absolute atomic E-state index is 13.4. The van der Waals surface area contributed by atoms with Gasteiger partial charge in [-0.3, -0.25) is 9.59 Å². The molecule has 184 valence electrons. The maximum atomic E-state index is 13.4. The molecule has 1 fully saturated rings. The lowest BCUT2D eigenvalue weighted by molar-refractivity contribution is -0.130. The lowest BCUT2D eigenvalue weighted by Gasteiger charge is -2.29. The summed E-state index contributed by atoms with van der Waals surface area (Å²) >= 11 is 0. The van der Waals surface area contributed by atoms with Gasteiger partial charge in [0.1, 0.15) is 18.5 Å². The van der Waals surface area contributed by atoms with Gasteiger partial charge >= 0.3 is 0 Å². The largest absolute Gasteiger partial charge is 0.368 e. The van der Waals surface area contributed by atoms with Crippen LogP contribution in [-0.4, -0.2) is 47.2 Å². The first-order chi connectivity index (χ1) is 17.2. The van der Waals surface area contributed by atoms with Crippen molar-refractivity contribution < 1.29 is 14.3 Å². The number of hydrogen-bond donors (Lipinski definition) is 1. The average molecular weight is 475 g/mol. The van der Waals surface area contributed by atoms with Gasteiger partial charge in [-0.2, -0.15) is 0 Å². The van der Waals surface area contributed by atoms with Crippen molar-refractivity contribution in [2.75, 3.05) is 24.6 Å². The van der Waals surface area contributed by atoms with Crippen molar-refractivity contribution in [3.05, 3.63) is 59.9 Å². The summed E-state index contributed by atoms with van der Waals surface area (Å²) in [6.07, 6.45) is 7.20. The van der Waals surface area contributed by atoms with Crippen LogP contribution >= 0.6 is 0 Å². The van der Waals surface area contributed by atoms with E-state index in [1.54, 1.807) is 0 Å². The third-order valence-electron chi connectivity index (χ3n) is 7.04. The predicted molar refractivity (Wildman–Crippen MR) is 136 cm³/mol. The van der Waals surface area contributed by atoms with Gasteiger partial charge in [0.05, 0.1) is 11.0 Å². The van der Waals surface area contributed by atoms with Gasteiger partial charge in [-0.25, -0.2) is 4.98 Å². The standard InChI is InChI=1S/C28H34N4O3/c33-27(31-18-8-11-21-10-3-5-13-23(21)31)20-32-24-14-6-4-12-22(24)30-26(32)16-2-1-7-17-29-28(34)25-15-9-19-35-25/h3-6,10,12-14,25H,1-2,7-9,11,15-20H2,(H,29,34). The van der Waals surface area contributed by atoms with E-state index in [9.17, 15) is 9.59 Å². The van der Waals surface area contributed by atoms with Gasteiger partial charge in [-0.1, -0.05) is 36.8 Å². The minimum absolute atomic E-state index is 0.0158. The Kier molecular flexibility index (Phi) is 7.42. The molecule has 1 saturated heterocycles. The van der Waals surface area contributed by atoms with Gasteiger partial charge in [0.2, 0.25) is 11.8 Å². The van der Waals surface area contributed by atoms with E-state index >= 15 is 0 Å². The Labute approximate surface area is 206 Å². The number of ether oxygens (including phenoxy) is 1. The third-order valence-corrected chi connectivity index (χ3v) is 7.04. The van der Waals surface area contributed by atoms with Gasteiger partial charge < -0.3 is 19.5 Å². The molecule has 0 bridgehead atoms. The summed E-state index contributed by atoms with van der Waals surface area (Å²) in [6, 6.07) is 16.3. The molecule has 1 N–H and O–H groups in total. The Morgan fingerprint density at radius 2 is 1.89 bits per heavy atom. The molecule has 7 heteroatoms. The van der Waals surface area contributed by atoms with Crippen molar-refractivity contribution in [3.63, 3.8) is 0 Å². The molecule has 5 rings (SSSR count). The smallest absolute Gasteiger partial charge is 0.249 e. The molecule has 2 aliphatic rings. The summed E-state index contributed by atoms with van der Waals surface area (Å²) in [6.45, 7) is 2.41. The molecule has 0 radical (unpaired) electrons. The molecule has 2 aromatic carbocycles. The van der Waals surface area contributed by atoms with Crippen LogP contribution in [-0.2, 0) is 33.7 Å². The highest BCUT2D eigenvalue weighted by atomic mass is 16.5. The van der Waals surface area contributed by atoms with Gasteiger partial charge in [0.15, 0.2) is 0 Å². The van der Waals surface area contributed by atoms with Gasteiger partial charge in [0.25, 0.3) is 0 Å². The highest BCUT2D eigenvalue weighted by Gasteiger charge is 2.24. The molecule has 1 atom stereocenters. The van der Waals surface area contributed by atoms with E-state index in [1.165, 1.54) is 5.56 Å². The topological polar surface area (TPSA) is 76.5 Å². The normalized spacial score (nSPS) is 17.5. The second kappa shape index (κ2) is 11.0. The molecule has 0 aliphatic carbocycles. The highest BCUT2D eigenvalue weighted by molar-refractivity contribution is 5.95. The minimum Gasteiger partial charge on any atom is -0.368 e. The molecular formula is C28H34N4O3. The van der Waals surface area contributed by atoms with Crippen molar-refractivity contribution in [2.24, 2.45) is 0 Å². The second-order valence-corrected chi connectivity index (χ2v) is 9.48. The van der Waals surface area contributed by atoms with Crippen molar-refractivity contribution in [3.8, 4) is 0 Å². The number of carbonyl (C=O) groups is 2. The third kappa shape index (κ3) is 5.40. The average Bonchev–Trinajstić information content (AvgIpc) is 3.54. The molecule has 2 amide bonds. The zero-order valence-corrected chi connectivity index (χ0v) is 20.2. The van der Waals surface area contributed by atoms with E-state index < -0.39 is 0 Å². The monoisotopic (exact) mass is 474 g/mol. The summed E-state index contributed by atoms with van der Waals surface area (Å²) in [5, 5.41) is 2.99. The van der Waals surface area contributed by atoms with Crippen molar-refractivity contribution >= 4 is 28.5 Å². The summed E-state index contributed by atoms with van der Waals surface area (Å²) in [5.74, 6) is 1.08. The molecule has 7 nitrogen and oxygen atoms in total. The molecular weight excluding hydrogens is 440 g/mol. The molecule has 2 aliphatic heterocycles. The number of anilines is 1. The van der Waals surface area contributed by atoms with Gasteiger partial charge in [-0.05, 0) is 62.3 Å². The first-order valence-electron chi connectivity index (χ1n) is 12.9. The molecule has 0 spiro atoms. The number of aromatic nitrogens is 2. The number of hydrogen-bond acceptors (Lipinski definition) is 4. The second-order valence-electron chi connectivity index (χ2n) is 9.48. The quantitative estimate of drug-likeness (QED) is 0.475. The van der Waals surface area contributed by atoms with Crippen LogP contribution in [0, 0.1) is 0 Å². The lowest BCUT2D eigenvalue weighted by atomic mass is 10.0. The van der Waals surface area contributed by atoms with Crippen molar-refractivity contribution in [1.82, 2.24) is 14.9 Å². The van der Waals surface area contributed by atoms with Crippen LogP contribution in [0.5, 0.6) is 0 Å². The number of aryl methyl sites for hydroxylation is 2. The van der Waals surface area contributed by atoms with Crippen LogP contribution in [0.25, 0.3) is 11.0 Å². The summed E-state index contributed by atoms with van der Waals surface area (Å²) < 4.78 is 7.52. The number of fused-ring (bicyclic) bond motifs is 2. The molecule has 3 heterocycles.